The summed E-state index contributed by atoms with van der Waals surface area (Å²) in [6, 6.07) is 2.36. The number of rotatable bonds is 5. The summed E-state index contributed by atoms with van der Waals surface area (Å²) in [7, 11) is 0. The van der Waals surface area contributed by atoms with Crippen molar-refractivity contribution in [3.8, 4) is 0 Å². The topological polar surface area (TPSA) is 20.2 Å². The van der Waals surface area contributed by atoms with Crippen LogP contribution in [-0.4, -0.2) is 11.2 Å². The lowest BCUT2D eigenvalue weighted by Gasteiger charge is -2.12. The van der Waals surface area contributed by atoms with E-state index >= 15 is 0 Å². The Labute approximate surface area is 103 Å². The van der Waals surface area contributed by atoms with Gasteiger partial charge in [0.05, 0.1) is 11.7 Å². The Kier molecular flexibility index (Phi) is 5.14. The Morgan fingerprint density at radius 3 is 2.44 bits per heavy atom. The maximum Gasteiger partial charge on any atom is 0.416 e. The van der Waals surface area contributed by atoms with E-state index in [2.05, 4.69) is 0 Å². The zero-order valence-corrected chi connectivity index (χ0v) is 10.1. The molecule has 0 saturated heterocycles. The number of aryl methyl sites for hydroxylation is 1. The fraction of sp³-hybridized carbons (Fsp3) is 0.538. The van der Waals surface area contributed by atoms with Gasteiger partial charge in [0.15, 0.2) is 0 Å². The van der Waals surface area contributed by atoms with Crippen LogP contribution in [0.1, 0.15) is 37.3 Å². The van der Waals surface area contributed by atoms with Gasteiger partial charge in [0.1, 0.15) is 5.82 Å². The van der Waals surface area contributed by atoms with E-state index in [1.54, 1.807) is 0 Å². The first-order valence-corrected chi connectivity index (χ1v) is 5.88. The maximum atomic E-state index is 13.3. The zero-order valence-electron chi connectivity index (χ0n) is 10.1. The quantitative estimate of drug-likeness (QED) is 0.799. The molecule has 1 unspecified atom stereocenters. The van der Waals surface area contributed by atoms with Gasteiger partial charge in [0, 0.05) is 0 Å². The number of aliphatic hydroxyl groups excluding tert-OH is 1. The summed E-state index contributed by atoms with van der Waals surface area (Å²) in [5.74, 6) is -0.660. The van der Waals surface area contributed by atoms with Gasteiger partial charge in [-0.2, -0.15) is 13.2 Å². The van der Waals surface area contributed by atoms with Crippen LogP contribution in [-0.2, 0) is 12.6 Å². The van der Waals surface area contributed by atoms with E-state index in [0.717, 1.165) is 24.6 Å². The highest BCUT2D eigenvalue weighted by molar-refractivity contribution is 5.27. The molecule has 102 valence electrons. The van der Waals surface area contributed by atoms with E-state index in [-0.39, 0.29) is 18.4 Å². The van der Waals surface area contributed by atoms with E-state index in [1.165, 1.54) is 0 Å². The Bertz CT molecular complexity index is 387. The van der Waals surface area contributed by atoms with Crippen molar-refractivity contribution in [3.05, 3.63) is 35.1 Å². The molecule has 0 heterocycles. The summed E-state index contributed by atoms with van der Waals surface area (Å²) in [6.45, 7) is 1.90. The first-order valence-electron chi connectivity index (χ1n) is 5.88. The van der Waals surface area contributed by atoms with Gasteiger partial charge in [0.25, 0.3) is 0 Å². The molecule has 1 aromatic carbocycles. The van der Waals surface area contributed by atoms with Gasteiger partial charge in [-0.05, 0) is 43.0 Å². The third-order valence-corrected chi connectivity index (χ3v) is 2.74. The molecule has 0 fully saturated rings. The van der Waals surface area contributed by atoms with Crippen molar-refractivity contribution < 1.29 is 22.7 Å². The van der Waals surface area contributed by atoms with Crippen LogP contribution in [0.25, 0.3) is 0 Å². The molecule has 5 heteroatoms. The van der Waals surface area contributed by atoms with Crippen molar-refractivity contribution in [3.63, 3.8) is 0 Å². The van der Waals surface area contributed by atoms with Gasteiger partial charge in [-0.1, -0.05) is 13.3 Å². The van der Waals surface area contributed by atoms with Crippen LogP contribution < -0.4 is 0 Å². The predicted octanol–water partition coefficient (Wildman–Crippen LogP) is 3.94. The molecule has 0 amide bonds. The van der Waals surface area contributed by atoms with E-state index in [4.69, 9.17) is 0 Å². The highest BCUT2D eigenvalue weighted by Gasteiger charge is 2.31. The smallest absolute Gasteiger partial charge is 0.393 e. The van der Waals surface area contributed by atoms with Crippen molar-refractivity contribution in [1.82, 2.24) is 0 Å². The summed E-state index contributed by atoms with van der Waals surface area (Å²) >= 11 is 0. The summed E-state index contributed by atoms with van der Waals surface area (Å²) in [5.41, 5.74) is -0.858. The van der Waals surface area contributed by atoms with Crippen molar-refractivity contribution in [1.29, 1.82) is 0 Å². The summed E-state index contributed by atoms with van der Waals surface area (Å²) in [5, 5.41) is 9.49. The predicted molar refractivity (Wildman–Crippen MR) is 60.6 cm³/mol. The van der Waals surface area contributed by atoms with Gasteiger partial charge < -0.3 is 5.11 Å². The van der Waals surface area contributed by atoms with Crippen LogP contribution in [0.5, 0.6) is 0 Å². The highest BCUT2D eigenvalue weighted by atomic mass is 19.4. The second-order valence-corrected chi connectivity index (χ2v) is 4.29. The van der Waals surface area contributed by atoms with Crippen molar-refractivity contribution in [2.24, 2.45) is 0 Å². The van der Waals surface area contributed by atoms with Gasteiger partial charge in [-0.3, -0.25) is 0 Å². The van der Waals surface area contributed by atoms with Crippen LogP contribution in [0.3, 0.4) is 0 Å². The molecule has 1 atom stereocenters. The number of alkyl halides is 3. The largest absolute Gasteiger partial charge is 0.416 e. The molecule has 0 bridgehead atoms. The zero-order chi connectivity index (χ0) is 13.8. The van der Waals surface area contributed by atoms with Crippen LogP contribution in [0.4, 0.5) is 17.6 Å². The van der Waals surface area contributed by atoms with Gasteiger partial charge >= 0.3 is 6.18 Å². The molecule has 1 nitrogen and oxygen atoms in total. The van der Waals surface area contributed by atoms with Crippen LogP contribution in [0.15, 0.2) is 18.2 Å². The Morgan fingerprint density at radius 2 is 1.89 bits per heavy atom. The van der Waals surface area contributed by atoms with Gasteiger partial charge in [0.2, 0.25) is 0 Å². The molecule has 0 aliphatic heterocycles. The Hall–Kier alpha value is -1.10. The SMILES string of the molecule is CCCC(O)CCc1cc(C(F)(F)F)ccc1F. The normalized spacial score (nSPS) is 13.7. The molecule has 0 radical (unpaired) electrons. The average Bonchev–Trinajstić information content (AvgIpc) is 2.26. The number of benzene rings is 1. The Morgan fingerprint density at radius 1 is 1.22 bits per heavy atom. The molecular formula is C13H16F4O. The van der Waals surface area contributed by atoms with Crippen LogP contribution in [0, 0.1) is 5.82 Å². The first-order chi connectivity index (χ1) is 8.34. The second-order valence-electron chi connectivity index (χ2n) is 4.29. The third kappa shape index (κ3) is 4.29. The summed E-state index contributed by atoms with van der Waals surface area (Å²) in [6.07, 6.45) is -3.33. The number of hydrogen-bond donors (Lipinski definition) is 1. The van der Waals surface area contributed by atoms with Gasteiger partial charge in [-0.15, -0.1) is 0 Å². The van der Waals surface area contributed by atoms with Crippen molar-refractivity contribution in [2.45, 2.75) is 44.9 Å². The van der Waals surface area contributed by atoms with Gasteiger partial charge in [-0.25, -0.2) is 4.39 Å². The van der Waals surface area contributed by atoms with Crippen molar-refractivity contribution >= 4 is 0 Å². The third-order valence-electron chi connectivity index (χ3n) is 2.74. The standard InChI is InChI=1S/C13H16F4O/c1-2-3-11(18)6-4-9-8-10(13(15,16)17)5-7-12(9)14/h5,7-8,11,18H,2-4,6H2,1H3. The van der Waals surface area contributed by atoms with E-state index in [1.807, 2.05) is 6.92 Å². The lowest BCUT2D eigenvalue weighted by molar-refractivity contribution is -0.137. The minimum atomic E-state index is -4.47. The minimum Gasteiger partial charge on any atom is -0.393 e. The molecule has 1 rings (SSSR count). The monoisotopic (exact) mass is 264 g/mol. The number of halogens is 4. The van der Waals surface area contributed by atoms with Crippen molar-refractivity contribution in [2.75, 3.05) is 0 Å². The average molecular weight is 264 g/mol. The van der Waals surface area contributed by atoms with E-state index < -0.39 is 23.7 Å². The lowest BCUT2D eigenvalue weighted by Crippen LogP contribution is -2.10. The van der Waals surface area contributed by atoms with Crippen LogP contribution in [0.2, 0.25) is 0 Å². The fourth-order valence-corrected chi connectivity index (χ4v) is 1.74. The second kappa shape index (κ2) is 6.18. The molecule has 18 heavy (non-hydrogen) atoms. The highest BCUT2D eigenvalue weighted by Crippen LogP contribution is 2.30. The fourth-order valence-electron chi connectivity index (χ4n) is 1.74. The first kappa shape index (κ1) is 15.0. The lowest BCUT2D eigenvalue weighted by atomic mass is 10.0. The summed E-state index contributed by atoms with van der Waals surface area (Å²) in [4.78, 5) is 0. The molecule has 1 aromatic rings. The molecule has 0 aliphatic rings. The number of hydrogen-bond acceptors (Lipinski definition) is 1. The van der Waals surface area contributed by atoms with E-state index in [9.17, 15) is 22.7 Å². The molecular weight excluding hydrogens is 248 g/mol. The molecule has 0 aromatic heterocycles. The maximum absolute atomic E-state index is 13.3. The number of aliphatic hydroxyl groups is 1. The molecule has 1 N–H and O–H groups in total. The summed E-state index contributed by atoms with van der Waals surface area (Å²) < 4.78 is 50.7. The Balaban J connectivity index is 2.76. The minimum absolute atomic E-state index is 0.0000203. The molecule has 0 spiro atoms. The molecule has 0 saturated carbocycles. The molecule has 0 aliphatic carbocycles. The van der Waals surface area contributed by atoms with E-state index in [0.29, 0.717) is 6.42 Å². The van der Waals surface area contributed by atoms with Crippen LogP contribution >= 0.6 is 0 Å².